The minimum Gasteiger partial charge on any atom is -0.390 e. The van der Waals surface area contributed by atoms with Crippen molar-refractivity contribution in [2.75, 3.05) is 60.0 Å². The molecule has 0 radical (unpaired) electrons. The zero-order chi connectivity index (χ0) is 13.4. The number of hydrogen-bond donors (Lipinski definition) is 2. The van der Waals surface area contributed by atoms with Crippen LogP contribution < -0.4 is 5.32 Å². The van der Waals surface area contributed by atoms with Gasteiger partial charge in [-0.2, -0.15) is 0 Å². The summed E-state index contributed by atoms with van der Waals surface area (Å²) < 4.78 is 4.95. The molecule has 0 saturated carbocycles. The van der Waals surface area contributed by atoms with Gasteiger partial charge in [-0.25, -0.2) is 0 Å². The van der Waals surface area contributed by atoms with E-state index in [2.05, 4.69) is 29.1 Å². The molecule has 1 fully saturated rings. The molecule has 0 aliphatic carbocycles. The number of aliphatic hydroxyl groups is 1. The SMILES string of the molecule is CCC1CN(CC(O)CNCCOC)CCN1C. The summed E-state index contributed by atoms with van der Waals surface area (Å²) in [5, 5.41) is 13.2. The first kappa shape index (κ1) is 15.9. The van der Waals surface area contributed by atoms with Crippen molar-refractivity contribution in [1.29, 1.82) is 0 Å². The Morgan fingerprint density at radius 3 is 2.89 bits per heavy atom. The minimum absolute atomic E-state index is 0.289. The molecule has 1 saturated heterocycles. The first-order chi connectivity index (χ1) is 8.67. The van der Waals surface area contributed by atoms with Gasteiger partial charge in [0.25, 0.3) is 0 Å². The van der Waals surface area contributed by atoms with E-state index in [1.165, 1.54) is 6.42 Å². The highest BCUT2D eigenvalue weighted by Gasteiger charge is 2.23. The summed E-state index contributed by atoms with van der Waals surface area (Å²) in [7, 11) is 3.88. The molecule has 18 heavy (non-hydrogen) atoms. The Balaban J connectivity index is 2.17. The topological polar surface area (TPSA) is 48.0 Å². The first-order valence-electron chi connectivity index (χ1n) is 6.97. The van der Waals surface area contributed by atoms with Gasteiger partial charge in [0.05, 0.1) is 12.7 Å². The molecule has 2 N–H and O–H groups in total. The molecule has 1 heterocycles. The maximum atomic E-state index is 9.97. The first-order valence-corrected chi connectivity index (χ1v) is 6.97. The van der Waals surface area contributed by atoms with Crippen LogP contribution >= 0.6 is 0 Å². The van der Waals surface area contributed by atoms with E-state index >= 15 is 0 Å². The lowest BCUT2D eigenvalue weighted by Gasteiger charge is -2.39. The maximum Gasteiger partial charge on any atom is 0.0791 e. The number of likely N-dealkylation sites (N-methyl/N-ethyl adjacent to an activating group) is 1. The van der Waals surface area contributed by atoms with Gasteiger partial charge in [-0.3, -0.25) is 4.90 Å². The van der Waals surface area contributed by atoms with Crippen LogP contribution in [0.1, 0.15) is 13.3 Å². The summed E-state index contributed by atoms with van der Waals surface area (Å²) in [6.07, 6.45) is 0.887. The Hall–Kier alpha value is -0.200. The fraction of sp³-hybridized carbons (Fsp3) is 1.00. The zero-order valence-electron chi connectivity index (χ0n) is 12.1. The van der Waals surface area contributed by atoms with Gasteiger partial charge in [0.1, 0.15) is 0 Å². The van der Waals surface area contributed by atoms with E-state index in [9.17, 15) is 5.11 Å². The number of hydrogen-bond acceptors (Lipinski definition) is 5. The molecule has 2 unspecified atom stereocenters. The molecule has 0 aromatic heterocycles. The molecule has 0 spiro atoms. The summed E-state index contributed by atoms with van der Waals surface area (Å²) >= 11 is 0. The van der Waals surface area contributed by atoms with Gasteiger partial charge in [-0.05, 0) is 13.5 Å². The molecule has 1 aliphatic rings. The van der Waals surface area contributed by atoms with Crippen molar-refractivity contribution >= 4 is 0 Å². The van der Waals surface area contributed by atoms with E-state index < -0.39 is 0 Å². The molecule has 5 heteroatoms. The third-order valence-corrected chi connectivity index (χ3v) is 3.66. The van der Waals surface area contributed by atoms with Crippen molar-refractivity contribution in [1.82, 2.24) is 15.1 Å². The minimum atomic E-state index is -0.289. The van der Waals surface area contributed by atoms with Crippen molar-refractivity contribution in [3.8, 4) is 0 Å². The van der Waals surface area contributed by atoms with Gasteiger partial charge in [0, 0.05) is 52.4 Å². The number of rotatable bonds is 8. The normalized spacial score (nSPS) is 24.3. The third-order valence-electron chi connectivity index (χ3n) is 3.66. The summed E-state index contributed by atoms with van der Waals surface area (Å²) in [6.45, 7) is 8.36. The standard InChI is InChI=1S/C13H29N3O2/c1-4-12-10-16(7-6-15(12)2)11-13(17)9-14-5-8-18-3/h12-14,17H,4-11H2,1-3H3. The van der Waals surface area contributed by atoms with Crippen LogP contribution in [-0.2, 0) is 4.74 Å². The van der Waals surface area contributed by atoms with Crippen LogP contribution in [0.2, 0.25) is 0 Å². The molecule has 0 bridgehead atoms. The van der Waals surface area contributed by atoms with E-state index in [0.29, 0.717) is 19.2 Å². The van der Waals surface area contributed by atoms with Gasteiger partial charge in [0.2, 0.25) is 0 Å². The summed E-state index contributed by atoms with van der Waals surface area (Å²) in [5.74, 6) is 0. The average molecular weight is 259 g/mol. The average Bonchev–Trinajstić information content (AvgIpc) is 2.37. The molecule has 108 valence electrons. The molecule has 2 atom stereocenters. The van der Waals surface area contributed by atoms with E-state index in [0.717, 1.165) is 32.7 Å². The lowest BCUT2D eigenvalue weighted by Crippen LogP contribution is -2.53. The largest absolute Gasteiger partial charge is 0.390 e. The molecule has 0 aromatic carbocycles. The highest BCUT2D eigenvalue weighted by atomic mass is 16.5. The number of methoxy groups -OCH3 is 1. The Morgan fingerprint density at radius 2 is 2.22 bits per heavy atom. The predicted molar refractivity (Wildman–Crippen MR) is 73.9 cm³/mol. The molecule has 0 aromatic rings. The van der Waals surface area contributed by atoms with E-state index in [1.54, 1.807) is 7.11 Å². The Morgan fingerprint density at radius 1 is 1.44 bits per heavy atom. The molecule has 5 nitrogen and oxygen atoms in total. The third kappa shape index (κ3) is 5.63. The molecule has 1 aliphatic heterocycles. The van der Waals surface area contributed by atoms with E-state index in [-0.39, 0.29) is 6.10 Å². The zero-order valence-corrected chi connectivity index (χ0v) is 12.1. The molecule has 0 amide bonds. The molecular weight excluding hydrogens is 230 g/mol. The predicted octanol–water partition coefficient (Wildman–Crippen LogP) is -0.391. The highest BCUT2D eigenvalue weighted by Crippen LogP contribution is 2.10. The highest BCUT2D eigenvalue weighted by molar-refractivity contribution is 4.80. The lowest BCUT2D eigenvalue weighted by molar-refractivity contribution is 0.0500. The number of aliphatic hydroxyl groups excluding tert-OH is 1. The number of nitrogens with zero attached hydrogens (tertiary/aromatic N) is 2. The van der Waals surface area contributed by atoms with Gasteiger partial charge >= 0.3 is 0 Å². The monoisotopic (exact) mass is 259 g/mol. The summed E-state index contributed by atoms with van der Waals surface area (Å²) in [5.41, 5.74) is 0. The van der Waals surface area contributed by atoms with Crippen LogP contribution in [0.15, 0.2) is 0 Å². The van der Waals surface area contributed by atoms with Gasteiger partial charge in [-0.15, -0.1) is 0 Å². The van der Waals surface area contributed by atoms with Crippen LogP contribution in [0.4, 0.5) is 0 Å². The van der Waals surface area contributed by atoms with Crippen molar-refractivity contribution in [3.05, 3.63) is 0 Å². The Kier molecular flexibility index (Phi) is 7.77. The Labute approximate surface area is 111 Å². The maximum absolute atomic E-state index is 9.97. The lowest BCUT2D eigenvalue weighted by atomic mass is 10.1. The Bertz CT molecular complexity index is 216. The number of nitrogens with one attached hydrogen (secondary N) is 1. The summed E-state index contributed by atoms with van der Waals surface area (Å²) in [6, 6.07) is 0.632. The van der Waals surface area contributed by atoms with Crippen LogP contribution in [0.3, 0.4) is 0 Å². The fourth-order valence-electron chi connectivity index (χ4n) is 2.42. The van der Waals surface area contributed by atoms with Crippen LogP contribution in [0.25, 0.3) is 0 Å². The van der Waals surface area contributed by atoms with Crippen molar-refractivity contribution in [2.45, 2.75) is 25.5 Å². The molecule has 1 rings (SSSR count). The van der Waals surface area contributed by atoms with Crippen LogP contribution in [-0.4, -0.2) is 87.1 Å². The van der Waals surface area contributed by atoms with Crippen LogP contribution in [0.5, 0.6) is 0 Å². The van der Waals surface area contributed by atoms with Crippen molar-refractivity contribution in [2.24, 2.45) is 0 Å². The number of piperazine rings is 1. The van der Waals surface area contributed by atoms with Gasteiger partial charge in [0.15, 0.2) is 0 Å². The molecular formula is C13H29N3O2. The quantitative estimate of drug-likeness (QED) is 0.581. The van der Waals surface area contributed by atoms with Gasteiger partial charge < -0.3 is 20.1 Å². The fourth-order valence-corrected chi connectivity index (χ4v) is 2.42. The second-order valence-electron chi connectivity index (χ2n) is 5.15. The van der Waals surface area contributed by atoms with Crippen molar-refractivity contribution < 1.29 is 9.84 Å². The van der Waals surface area contributed by atoms with Gasteiger partial charge in [-0.1, -0.05) is 6.92 Å². The number of ether oxygens (including phenoxy) is 1. The number of β-amino-alcohol motifs (C(OH)–C–C–N with tert-alkyl or cyclic N) is 1. The van der Waals surface area contributed by atoms with E-state index in [1.807, 2.05) is 0 Å². The van der Waals surface area contributed by atoms with Crippen molar-refractivity contribution in [3.63, 3.8) is 0 Å². The second-order valence-corrected chi connectivity index (χ2v) is 5.15. The summed E-state index contributed by atoms with van der Waals surface area (Å²) in [4.78, 5) is 4.79. The second kappa shape index (κ2) is 8.82. The van der Waals surface area contributed by atoms with E-state index in [4.69, 9.17) is 4.74 Å². The van der Waals surface area contributed by atoms with Crippen LogP contribution in [0, 0.1) is 0 Å². The smallest absolute Gasteiger partial charge is 0.0791 e.